The standard InChI is InChI=1S/C20H15N3OS/c24-16-10-8-14(9-11-16)12-21-23-20-22-19(13-25-20)18-7-3-5-15-4-1-2-6-17(15)18/h1-13,24H,(H,22,23)/b21-12+. The Morgan fingerprint density at radius 2 is 1.76 bits per heavy atom. The lowest BCUT2D eigenvalue weighted by Crippen LogP contribution is -1.90. The summed E-state index contributed by atoms with van der Waals surface area (Å²) in [5.41, 5.74) is 5.91. The second-order valence-corrected chi connectivity index (χ2v) is 6.38. The van der Waals surface area contributed by atoms with Crippen LogP contribution in [0.25, 0.3) is 22.0 Å². The van der Waals surface area contributed by atoms with Crippen LogP contribution < -0.4 is 5.43 Å². The molecule has 5 heteroatoms. The molecule has 4 rings (SSSR count). The first kappa shape index (κ1) is 15.4. The molecule has 0 aliphatic rings. The Bertz CT molecular complexity index is 1030. The number of aromatic hydroxyl groups is 1. The molecule has 2 N–H and O–H groups in total. The number of hydrogen-bond donors (Lipinski definition) is 2. The number of rotatable bonds is 4. The fraction of sp³-hybridized carbons (Fsp3) is 0. The molecule has 1 heterocycles. The average Bonchev–Trinajstić information content (AvgIpc) is 3.12. The molecule has 0 radical (unpaired) electrons. The van der Waals surface area contributed by atoms with Crippen LogP contribution >= 0.6 is 11.3 Å². The van der Waals surface area contributed by atoms with Crippen molar-refractivity contribution in [2.45, 2.75) is 0 Å². The van der Waals surface area contributed by atoms with Crippen molar-refractivity contribution in [3.8, 4) is 17.0 Å². The van der Waals surface area contributed by atoms with Gasteiger partial charge in [-0.05, 0) is 40.6 Å². The lowest BCUT2D eigenvalue weighted by Gasteiger charge is -2.03. The molecule has 0 bridgehead atoms. The van der Waals surface area contributed by atoms with Crippen LogP contribution in [0.3, 0.4) is 0 Å². The predicted octanol–water partition coefficient (Wildman–Crippen LogP) is 5.11. The van der Waals surface area contributed by atoms with E-state index >= 15 is 0 Å². The molecule has 0 saturated carbocycles. The maximum atomic E-state index is 9.28. The number of thiazole rings is 1. The van der Waals surface area contributed by atoms with E-state index in [1.807, 2.05) is 23.6 Å². The Morgan fingerprint density at radius 1 is 0.960 bits per heavy atom. The van der Waals surface area contributed by atoms with Crippen molar-refractivity contribution in [3.63, 3.8) is 0 Å². The molecular weight excluding hydrogens is 330 g/mol. The van der Waals surface area contributed by atoms with Crippen molar-refractivity contribution < 1.29 is 5.11 Å². The van der Waals surface area contributed by atoms with E-state index < -0.39 is 0 Å². The highest BCUT2D eigenvalue weighted by atomic mass is 32.1. The van der Waals surface area contributed by atoms with Gasteiger partial charge in [-0.1, -0.05) is 42.5 Å². The minimum atomic E-state index is 0.241. The van der Waals surface area contributed by atoms with Crippen LogP contribution in [0.2, 0.25) is 0 Å². The van der Waals surface area contributed by atoms with Gasteiger partial charge in [-0.25, -0.2) is 4.98 Å². The van der Waals surface area contributed by atoms with E-state index in [0.717, 1.165) is 22.0 Å². The van der Waals surface area contributed by atoms with E-state index in [9.17, 15) is 5.11 Å². The Hall–Kier alpha value is -3.18. The van der Waals surface area contributed by atoms with Gasteiger partial charge in [-0.2, -0.15) is 5.10 Å². The molecule has 1 aromatic heterocycles. The van der Waals surface area contributed by atoms with Crippen molar-refractivity contribution in [3.05, 3.63) is 77.7 Å². The zero-order valence-corrected chi connectivity index (χ0v) is 14.1. The Balaban J connectivity index is 1.55. The quantitative estimate of drug-likeness (QED) is 0.399. The molecule has 0 fully saturated rings. The van der Waals surface area contributed by atoms with E-state index in [2.05, 4.69) is 39.8 Å². The van der Waals surface area contributed by atoms with Crippen LogP contribution in [0, 0.1) is 0 Å². The van der Waals surface area contributed by atoms with E-state index in [1.54, 1.807) is 30.5 Å². The number of nitrogens with one attached hydrogen (secondary N) is 1. The summed E-state index contributed by atoms with van der Waals surface area (Å²) in [6.45, 7) is 0. The third kappa shape index (κ3) is 3.36. The molecule has 4 nitrogen and oxygen atoms in total. The molecule has 122 valence electrons. The maximum Gasteiger partial charge on any atom is 0.203 e. The Kier molecular flexibility index (Phi) is 4.14. The van der Waals surface area contributed by atoms with Crippen LogP contribution in [-0.2, 0) is 0 Å². The molecule has 0 aliphatic carbocycles. The van der Waals surface area contributed by atoms with Gasteiger partial charge in [0, 0.05) is 10.9 Å². The number of hydrazone groups is 1. The smallest absolute Gasteiger partial charge is 0.203 e. The number of fused-ring (bicyclic) bond motifs is 1. The summed E-state index contributed by atoms with van der Waals surface area (Å²) in [5, 5.41) is 18.6. The molecule has 4 aromatic rings. The number of aromatic nitrogens is 1. The third-order valence-electron chi connectivity index (χ3n) is 3.84. The number of phenols is 1. The number of anilines is 1. The van der Waals surface area contributed by atoms with Gasteiger partial charge in [-0.3, -0.25) is 5.43 Å². The van der Waals surface area contributed by atoms with Gasteiger partial charge in [0.25, 0.3) is 0 Å². The Morgan fingerprint density at radius 3 is 2.64 bits per heavy atom. The van der Waals surface area contributed by atoms with E-state index in [1.165, 1.54) is 22.1 Å². The SMILES string of the molecule is Oc1ccc(/C=N/Nc2nc(-c3cccc4ccccc34)cs2)cc1. The van der Waals surface area contributed by atoms with Gasteiger partial charge in [0.15, 0.2) is 0 Å². The van der Waals surface area contributed by atoms with Gasteiger partial charge in [0.1, 0.15) is 5.75 Å². The normalized spacial score (nSPS) is 11.2. The number of nitrogens with zero attached hydrogens (tertiary/aromatic N) is 2. The zero-order chi connectivity index (χ0) is 17.1. The minimum absolute atomic E-state index is 0.241. The first-order chi connectivity index (χ1) is 12.3. The molecule has 0 aliphatic heterocycles. The van der Waals surface area contributed by atoms with Crippen molar-refractivity contribution >= 4 is 33.5 Å². The molecule has 0 saturated heterocycles. The van der Waals surface area contributed by atoms with Crippen molar-refractivity contribution in [1.29, 1.82) is 0 Å². The second kappa shape index (κ2) is 6.75. The highest BCUT2D eigenvalue weighted by molar-refractivity contribution is 7.14. The summed E-state index contributed by atoms with van der Waals surface area (Å²) >= 11 is 1.51. The van der Waals surface area contributed by atoms with Crippen LogP contribution in [-0.4, -0.2) is 16.3 Å². The molecule has 0 unspecified atom stereocenters. The first-order valence-electron chi connectivity index (χ1n) is 7.81. The fourth-order valence-electron chi connectivity index (χ4n) is 2.62. The first-order valence-corrected chi connectivity index (χ1v) is 8.69. The molecule has 3 aromatic carbocycles. The molecule has 0 spiro atoms. The predicted molar refractivity (Wildman–Crippen MR) is 104 cm³/mol. The number of benzene rings is 3. The van der Waals surface area contributed by atoms with Crippen LogP contribution in [0.15, 0.2) is 77.2 Å². The molecule has 0 amide bonds. The van der Waals surface area contributed by atoms with Gasteiger partial charge in [0.2, 0.25) is 5.13 Å². The average molecular weight is 345 g/mol. The summed E-state index contributed by atoms with van der Waals surface area (Å²) < 4.78 is 0. The lowest BCUT2D eigenvalue weighted by molar-refractivity contribution is 0.475. The topological polar surface area (TPSA) is 57.5 Å². The fourth-order valence-corrected chi connectivity index (χ4v) is 3.28. The van der Waals surface area contributed by atoms with Gasteiger partial charge in [0.05, 0.1) is 11.9 Å². The summed E-state index contributed by atoms with van der Waals surface area (Å²) in [6, 6.07) is 21.4. The summed E-state index contributed by atoms with van der Waals surface area (Å²) in [4.78, 5) is 4.63. The monoisotopic (exact) mass is 345 g/mol. The van der Waals surface area contributed by atoms with Gasteiger partial charge < -0.3 is 5.11 Å². The summed E-state index contributed by atoms with van der Waals surface area (Å²) in [6.07, 6.45) is 1.69. The maximum absolute atomic E-state index is 9.28. The van der Waals surface area contributed by atoms with Crippen LogP contribution in [0.5, 0.6) is 5.75 Å². The third-order valence-corrected chi connectivity index (χ3v) is 4.58. The molecular formula is C20H15N3OS. The van der Waals surface area contributed by atoms with E-state index in [0.29, 0.717) is 0 Å². The second-order valence-electron chi connectivity index (χ2n) is 5.53. The summed E-state index contributed by atoms with van der Waals surface area (Å²) in [5.74, 6) is 0.241. The van der Waals surface area contributed by atoms with E-state index in [4.69, 9.17) is 0 Å². The van der Waals surface area contributed by atoms with Crippen molar-refractivity contribution in [2.24, 2.45) is 5.10 Å². The van der Waals surface area contributed by atoms with Crippen molar-refractivity contribution in [2.75, 3.05) is 5.43 Å². The van der Waals surface area contributed by atoms with E-state index in [-0.39, 0.29) is 5.75 Å². The van der Waals surface area contributed by atoms with Crippen molar-refractivity contribution in [1.82, 2.24) is 4.98 Å². The Labute approximate surface area is 149 Å². The van der Waals surface area contributed by atoms with Crippen LogP contribution in [0.4, 0.5) is 5.13 Å². The number of hydrogen-bond acceptors (Lipinski definition) is 5. The largest absolute Gasteiger partial charge is 0.508 e. The number of phenolic OH excluding ortho intramolecular Hbond substituents is 1. The minimum Gasteiger partial charge on any atom is -0.508 e. The van der Waals surface area contributed by atoms with Gasteiger partial charge in [-0.15, -0.1) is 11.3 Å². The zero-order valence-electron chi connectivity index (χ0n) is 13.3. The lowest BCUT2D eigenvalue weighted by atomic mass is 10.0. The molecule has 25 heavy (non-hydrogen) atoms. The highest BCUT2D eigenvalue weighted by Crippen LogP contribution is 2.30. The van der Waals surface area contributed by atoms with Gasteiger partial charge >= 0.3 is 0 Å². The highest BCUT2D eigenvalue weighted by Gasteiger charge is 2.07. The van der Waals surface area contributed by atoms with Crippen LogP contribution in [0.1, 0.15) is 5.56 Å². The molecule has 0 atom stereocenters. The summed E-state index contributed by atoms with van der Waals surface area (Å²) in [7, 11) is 0.